The first-order valence-corrected chi connectivity index (χ1v) is 8.59. The standard InChI is InChI=1S/C16H21F3O5S/c1-4-7-13(5-2)10-23-14(20)15(8-6-9-22-11-15)12(3)24-25(21)16(17,18)19/h4-5,7,12H,1-2,6,8-11H2,3H3/b13-7+. The maximum absolute atomic E-state index is 12.6. The second kappa shape index (κ2) is 9.30. The highest BCUT2D eigenvalue weighted by Crippen LogP contribution is 2.37. The Morgan fingerprint density at radius 1 is 1.44 bits per heavy atom. The molecule has 1 fully saturated rings. The van der Waals surface area contributed by atoms with Crippen molar-refractivity contribution in [1.82, 2.24) is 0 Å². The molecule has 0 aromatic carbocycles. The van der Waals surface area contributed by atoms with Gasteiger partial charge in [-0.2, -0.15) is 13.2 Å². The fourth-order valence-electron chi connectivity index (χ4n) is 2.36. The molecule has 3 unspecified atom stereocenters. The van der Waals surface area contributed by atoms with Gasteiger partial charge in [0, 0.05) is 6.61 Å². The molecule has 0 spiro atoms. The Morgan fingerprint density at radius 2 is 2.12 bits per heavy atom. The minimum atomic E-state index is -5.03. The summed E-state index contributed by atoms with van der Waals surface area (Å²) in [6.07, 6.45) is 3.89. The first kappa shape index (κ1) is 21.6. The average Bonchev–Trinajstić information content (AvgIpc) is 2.57. The van der Waals surface area contributed by atoms with Gasteiger partial charge in [0.05, 0.1) is 12.7 Å². The molecule has 1 aliphatic rings. The van der Waals surface area contributed by atoms with Crippen molar-refractivity contribution in [3.8, 4) is 0 Å². The summed E-state index contributed by atoms with van der Waals surface area (Å²) < 4.78 is 63.7. The average molecular weight is 382 g/mol. The third-order valence-corrected chi connectivity index (χ3v) is 4.68. The van der Waals surface area contributed by atoms with E-state index in [0.717, 1.165) is 0 Å². The van der Waals surface area contributed by atoms with Crippen LogP contribution in [-0.4, -0.2) is 41.6 Å². The summed E-state index contributed by atoms with van der Waals surface area (Å²) >= 11 is -3.53. The van der Waals surface area contributed by atoms with Crippen molar-refractivity contribution in [3.63, 3.8) is 0 Å². The number of halogens is 3. The number of esters is 1. The van der Waals surface area contributed by atoms with E-state index in [9.17, 15) is 22.2 Å². The smallest absolute Gasteiger partial charge is 0.460 e. The van der Waals surface area contributed by atoms with E-state index >= 15 is 0 Å². The van der Waals surface area contributed by atoms with Crippen molar-refractivity contribution in [3.05, 3.63) is 37.0 Å². The first-order chi connectivity index (χ1) is 11.7. The van der Waals surface area contributed by atoms with Gasteiger partial charge in [0.2, 0.25) is 0 Å². The number of carbonyl (C=O) groups excluding carboxylic acids is 1. The molecule has 1 aliphatic heterocycles. The van der Waals surface area contributed by atoms with Gasteiger partial charge in [-0.15, -0.1) is 0 Å². The van der Waals surface area contributed by atoms with E-state index in [1.807, 2.05) is 0 Å². The number of carbonyl (C=O) groups is 1. The summed E-state index contributed by atoms with van der Waals surface area (Å²) in [6, 6.07) is 0. The zero-order chi connectivity index (χ0) is 19.1. The highest BCUT2D eigenvalue weighted by atomic mass is 32.2. The number of hydrogen-bond donors (Lipinski definition) is 0. The summed E-state index contributed by atoms with van der Waals surface area (Å²) in [7, 11) is 0. The summed E-state index contributed by atoms with van der Waals surface area (Å²) in [6.45, 7) is 8.43. The Hall–Kier alpha value is -1.45. The molecule has 0 amide bonds. The van der Waals surface area contributed by atoms with Crippen LogP contribution in [0.1, 0.15) is 19.8 Å². The van der Waals surface area contributed by atoms with E-state index in [-0.39, 0.29) is 19.6 Å². The number of allylic oxidation sites excluding steroid dienone is 2. The van der Waals surface area contributed by atoms with Crippen LogP contribution >= 0.6 is 0 Å². The highest BCUT2D eigenvalue weighted by molar-refractivity contribution is 7.81. The normalized spacial score (nSPS) is 24.2. The number of rotatable bonds is 8. The molecule has 5 nitrogen and oxygen atoms in total. The second-order valence-corrected chi connectivity index (χ2v) is 6.61. The fraction of sp³-hybridized carbons (Fsp3) is 0.562. The monoisotopic (exact) mass is 382 g/mol. The quantitative estimate of drug-likeness (QED) is 0.477. The van der Waals surface area contributed by atoms with Gasteiger partial charge in [0.15, 0.2) is 0 Å². The lowest BCUT2D eigenvalue weighted by Gasteiger charge is -2.38. The van der Waals surface area contributed by atoms with E-state index in [1.165, 1.54) is 19.1 Å². The van der Waals surface area contributed by atoms with Gasteiger partial charge in [-0.25, -0.2) is 4.21 Å². The van der Waals surface area contributed by atoms with Crippen LogP contribution in [-0.2, 0) is 29.5 Å². The van der Waals surface area contributed by atoms with Crippen LogP contribution in [0.25, 0.3) is 0 Å². The van der Waals surface area contributed by atoms with Gasteiger partial charge < -0.3 is 9.47 Å². The topological polar surface area (TPSA) is 61.8 Å². The van der Waals surface area contributed by atoms with Crippen LogP contribution in [0.15, 0.2) is 37.0 Å². The van der Waals surface area contributed by atoms with Crippen LogP contribution in [0.5, 0.6) is 0 Å². The summed E-state index contributed by atoms with van der Waals surface area (Å²) in [5.41, 5.74) is -5.92. The predicted molar refractivity (Wildman–Crippen MR) is 86.7 cm³/mol. The Bertz CT molecular complexity index is 550. The lowest BCUT2D eigenvalue weighted by Crippen LogP contribution is -2.50. The van der Waals surface area contributed by atoms with Crippen molar-refractivity contribution >= 4 is 17.0 Å². The van der Waals surface area contributed by atoms with Crippen molar-refractivity contribution in [2.24, 2.45) is 5.41 Å². The number of alkyl halides is 3. The number of ether oxygens (including phenoxy) is 2. The molecule has 0 radical (unpaired) electrons. The third kappa shape index (κ3) is 5.79. The van der Waals surface area contributed by atoms with E-state index in [0.29, 0.717) is 18.6 Å². The maximum Gasteiger partial charge on any atom is 0.497 e. The fourth-order valence-corrected chi connectivity index (χ4v) is 2.92. The Kier molecular flexibility index (Phi) is 8.04. The maximum atomic E-state index is 12.6. The summed E-state index contributed by atoms with van der Waals surface area (Å²) in [5, 5.41) is 0. The minimum absolute atomic E-state index is 0.120. The van der Waals surface area contributed by atoms with Crippen LogP contribution in [0.3, 0.4) is 0 Å². The molecule has 1 saturated heterocycles. The molecule has 1 rings (SSSR count). The Balaban J connectivity index is 2.92. The molecule has 142 valence electrons. The third-order valence-electron chi connectivity index (χ3n) is 3.84. The molecule has 0 aromatic heterocycles. The Labute approximate surface area is 147 Å². The predicted octanol–water partition coefficient (Wildman–Crippen LogP) is 3.21. The van der Waals surface area contributed by atoms with E-state index in [1.54, 1.807) is 6.08 Å². The second-order valence-electron chi connectivity index (χ2n) is 5.49. The SMILES string of the molecule is C=C/C=C(\C=C)COC(=O)C1(C(C)OS(=O)C(F)(F)F)CCCOC1. The van der Waals surface area contributed by atoms with Gasteiger partial charge >= 0.3 is 11.5 Å². The number of hydrogen-bond acceptors (Lipinski definition) is 5. The van der Waals surface area contributed by atoms with E-state index in [4.69, 9.17) is 9.47 Å². The van der Waals surface area contributed by atoms with Gasteiger partial charge in [-0.1, -0.05) is 31.4 Å². The molecular weight excluding hydrogens is 361 g/mol. The van der Waals surface area contributed by atoms with Crippen LogP contribution < -0.4 is 0 Å². The molecule has 0 bridgehead atoms. The zero-order valence-corrected chi connectivity index (χ0v) is 14.7. The molecule has 0 saturated carbocycles. The van der Waals surface area contributed by atoms with Gasteiger partial charge in [0.1, 0.15) is 12.0 Å². The molecule has 3 atom stereocenters. The van der Waals surface area contributed by atoms with Gasteiger partial charge in [0.25, 0.3) is 11.1 Å². The van der Waals surface area contributed by atoms with Crippen LogP contribution in [0, 0.1) is 5.41 Å². The molecule has 0 aromatic rings. The van der Waals surface area contributed by atoms with Crippen LogP contribution in [0.2, 0.25) is 0 Å². The summed E-state index contributed by atoms with van der Waals surface area (Å²) in [5.74, 6) is -0.768. The van der Waals surface area contributed by atoms with Crippen molar-refractivity contribution in [2.45, 2.75) is 31.4 Å². The lowest BCUT2D eigenvalue weighted by atomic mass is 9.78. The molecule has 1 heterocycles. The Morgan fingerprint density at radius 3 is 2.60 bits per heavy atom. The van der Waals surface area contributed by atoms with E-state index in [2.05, 4.69) is 17.3 Å². The largest absolute Gasteiger partial charge is 0.497 e. The molecule has 9 heteroatoms. The van der Waals surface area contributed by atoms with Crippen molar-refractivity contribution in [2.75, 3.05) is 19.8 Å². The van der Waals surface area contributed by atoms with E-state index < -0.39 is 34.1 Å². The molecular formula is C16H21F3O5S. The lowest BCUT2D eigenvalue weighted by molar-refractivity contribution is -0.172. The highest BCUT2D eigenvalue weighted by Gasteiger charge is 2.51. The first-order valence-electron chi connectivity index (χ1n) is 7.52. The van der Waals surface area contributed by atoms with Crippen LogP contribution in [0.4, 0.5) is 13.2 Å². The van der Waals surface area contributed by atoms with Gasteiger partial charge in [-0.05, 0) is 25.3 Å². The minimum Gasteiger partial charge on any atom is -0.460 e. The zero-order valence-electron chi connectivity index (χ0n) is 13.8. The summed E-state index contributed by atoms with van der Waals surface area (Å²) in [4.78, 5) is 12.6. The molecule has 0 aliphatic carbocycles. The molecule has 0 N–H and O–H groups in total. The van der Waals surface area contributed by atoms with Gasteiger partial charge in [-0.3, -0.25) is 8.98 Å². The van der Waals surface area contributed by atoms with Crippen molar-refractivity contribution in [1.29, 1.82) is 0 Å². The van der Waals surface area contributed by atoms with Crippen molar-refractivity contribution < 1.29 is 35.8 Å². The molecule has 25 heavy (non-hydrogen) atoms.